The van der Waals surface area contributed by atoms with Crippen LogP contribution in [0.5, 0.6) is 0 Å². The van der Waals surface area contributed by atoms with Crippen LogP contribution in [0.3, 0.4) is 0 Å². The van der Waals surface area contributed by atoms with E-state index in [1.54, 1.807) is 12.3 Å². The zero-order valence-corrected chi connectivity index (χ0v) is 15.2. The van der Waals surface area contributed by atoms with Crippen LogP contribution >= 0.6 is 11.6 Å². The average molecular weight is 359 g/mol. The highest BCUT2D eigenvalue weighted by molar-refractivity contribution is 6.30. The van der Waals surface area contributed by atoms with Crippen LogP contribution in [0.15, 0.2) is 42.7 Å². The molecule has 2 heterocycles. The first-order valence-corrected chi connectivity index (χ1v) is 8.98. The topological polar surface area (TPSA) is 41.4 Å². The number of hydrogen-bond donors (Lipinski definition) is 0. The fourth-order valence-corrected chi connectivity index (χ4v) is 3.01. The van der Waals surface area contributed by atoms with Gasteiger partial charge in [0.2, 0.25) is 5.91 Å². The maximum absolute atomic E-state index is 12.3. The van der Waals surface area contributed by atoms with Crippen LogP contribution in [0.4, 0.5) is 0 Å². The number of amides is 1. The number of hydrogen-bond acceptors (Lipinski definition) is 3. The number of carbonyl (C=O) groups is 1. The molecule has 1 aliphatic rings. The van der Waals surface area contributed by atoms with Crippen LogP contribution in [0.25, 0.3) is 6.08 Å². The summed E-state index contributed by atoms with van der Waals surface area (Å²) in [7, 11) is 0. The monoisotopic (exact) mass is 358 g/mol. The van der Waals surface area contributed by atoms with E-state index in [-0.39, 0.29) is 5.91 Å². The van der Waals surface area contributed by atoms with E-state index in [0.717, 1.165) is 49.9 Å². The lowest BCUT2D eigenvalue weighted by molar-refractivity contribution is -0.127. The van der Waals surface area contributed by atoms with Gasteiger partial charge in [0.05, 0.1) is 6.20 Å². The van der Waals surface area contributed by atoms with E-state index < -0.39 is 0 Å². The van der Waals surface area contributed by atoms with Crippen molar-refractivity contribution in [3.8, 4) is 0 Å². The van der Waals surface area contributed by atoms with E-state index in [9.17, 15) is 4.79 Å². The molecule has 25 heavy (non-hydrogen) atoms. The van der Waals surface area contributed by atoms with Crippen LogP contribution in [0, 0.1) is 0 Å². The summed E-state index contributed by atoms with van der Waals surface area (Å²) in [5.74, 6) is 0.0652. The molecule has 5 nitrogen and oxygen atoms in total. The third-order valence-corrected chi connectivity index (χ3v) is 4.65. The normalized spacial score (nSPS) is 15.8. The molecule has 0 N–H and O–H groups in total. The summed E-state index contributed by atoms with van der Waals surface area (Å²) in [6.45, 7) is 7.04. The van der Waals surface area contributed by atoms with Gasteiger partial charge in [0.15, 0.2) is 0 Å². The van der Waals surface area contributed by atoms with Crippen molar-refractivity contribution < 1.29 is 4.79 Å². The van der Waals surface area contributed by atoms with Crippen molar-refractivity contribution in [3.05, 3.63) is 58.9 Å². The van der Waals surface area contributed by atoms with Crippen molar-refractivity contribution in [3.63, 3.8) is 0 Å². The predicted octanol–water partition coefficient (Wildman–Crippen LogP) is 2.91. The Labute approximate surface area is 153 Å². The molecule has 2 aromatic rings. The summed E-state index contributed by atoms with van der Waals surface area (Å²) in [5, 5.41) is 4.97. The molecule has 0 saturated carbocycles. The number of aryl methyl sites for hydroxylation is 1. The molecular formula is C19H23ClN4O. The molecule has 6 heteroatoms. The second kappa shape index (κ2) is 8.32. The number of halogens is 1. The number of piperazine rings is 1. The Morgan fingerprint density at radius 1 is 1.20 bits per heavy atom. The SMILES string of the molecule is CCn1cc(/C=C/C(=O)N2CCN(Cc3ccc(Cl)cc3)CC2)cn1. The van der Waals surface area contributed by atoms with Gasteiger partial charge in [-0.15, -0.1) is 0 Å². The number of nitrogens with zero attached hydrogens (tertiary/aromatic N) is 4. The molecule has 0 radical (unpaired) electrons. The maximum atomic E-state index is 12.3. The molecule has 1 aromatic heterocycles. The third-order valence-electron chi connectivity index (χ3n) is 4.40. The molecule has 1 aliphatic heterocycles. The van der Waals surface area contributed by atoms with Gasteiger partial charge >= 0.3 is 0 Å². The zero-order chi connectivity index (χ0) is 17.6. The van der Waals surface area contributed by atoms with Gasteiger partial charge in [-0.3, -0.25) is 14.4 Å². The van der Waals surface area contributed by atoms with Crippen molar-refractivity contribution >= 4 is 23.6 Å². The maximum Gasteiger partial charge on any atom is 0.246 e. The zero-order valence-electron chi connectivity index (χ0n) is 14.4. The van der Waals surface area contributed by atoms with E-state index in [1.165, 1.54) is 5.56 Å². The van der Waals surface area contributed by atoms with E-state index in [1.807, 2.05) is 40.9 Å². The molecule has 1 saturated heterocycles. The van der Waals surface area contributed by atoms with E-state index in [2.05, 4.69) is 22.1 Å². The van der Waals surface area contributed by atoms with Crippen LogP contribution in [0.2, 0.25) is 5.02 Å². The fourth-order valence-electron chi connectivity index (χ4n) is 2.89. The van der Waals surface area contributed by atoms with Gasteiger partial charge in [-0.1, -0.05) is 23.7 Å². The van der Waals surface area contributed by atoms with Gasteiger partial charge < -0.3 is 4.90 Å². The van der Waals surface area contributed by atoms with Crippen LogP contribution < -0.4 is 0 Å². The molecule has 1 fully saturated rings. The average Bonchev–Trinajstić information content (AvgIpc) is 3.10. The smallest absolute Gasteiger partial charge is 0.246 e. The minimum Gasteiger partial charge on any atom is -0.337 e. The Kier molecular flexibility index (Phi) is 5.89. The van der Waals surface area contributed by atoms with Crippen molar-refractivity contribution in [1.82, 2.24) is 19.6 Å². The van der Waals surface area contributed by atoms with E-state index >= 15 is 0 Å². The van der Waals surface area contributed by atoms with Gasteiger partial charge in [0, 0.05) is 62.1 Å². The minimum atomic E-state index is 0.0652. The summed E-state index contributed by atoms with van der Waals surface area (Å²) < 4.78 is 1.85. The first-order valence-electron chi connectivity index (χ1n) is 8.60. The molecule has 1 amide bonds. The summed E-state index contributed by atoms with van der Waals surface area (Å²) in [6, 6.07) is 7.95. The molecular weight excluding hydrogens is 336 g/mol. The van der Waals surface area contributed by atoms with Crippen molar-refractivity contribution in [2.75, 3.05) is 26.2 Å². The quantitative estimate of drug-likeness (QED) is 0.772. The second-order valence-electron chi connectivity index (χ2n) is 6.19. The van der Waals surface area contributed by atoms with Crippen LogP contribution in [0.1, 0.15) is 18.1 Å². The first kappa shape index (κ1) is 17.7. The molecule has 0 spiro atoms. The Bertz CT molecular complexity index is 730. The first-order chi connectivity index (χ1) is 12.1. The summed E-state index contributed by atoms with van der Waals surface area (Å²) in [5.41, 5.74) is 2.20. The summed E-state index contributed by atoms with van der Waals surface area (Å²) in [6.07, 6.45) is 7.19. The Morgan fingerprint density at radius 2 is 1.92 bits per heavy atom. The lowest BCUT2D eigenvalue weighted by atomic mass is 10.2. The number of rotatable bonds is 5. The highest BCUT2D eigenvalue weighted by Gasteiger charge is 2.19. The Morgan fingerprint density at radius 3 is 2.56 bits per heavy atom. The standard InChI is InChI=1S/C19H23ClN4O/c1-2-24-15-17(13-21-24)5-8-19(25)23-11-9-22(10-12-23)14-16-3-6-18(20)7-4-16/h3-8,13,15H,2,9-12,14H2,1H3/b8-5+. The number of aromatic nitrogens is 2. The van der Waals surface area contributed by atoms with Gasteiger partial charge in [0.1, 0.15) is 0 Å². The van der Waals surface area contributed by atoms with Crippen molar-refractivity contribution in [2.45, 2.75) is 20.0 Å². The third kappa shape index (κ3) is 4.94. The van der Waals surface area contributed by atoms with Gasteiger partial charge in [0.25, 0.3) is 0 Å². The molecule has 0 unspecified atom stereocenters. The largest absolute Gasteiger partial charge is 0.337 e. The molecule has 0 aliphatic carbocycles. The summed E-state index contributed by atoms with van der Waals surface area (Å²) >= 11 is 5.92. The van der Waals surface area contributed by atoms with Gasteiger partial charge in [-0.05, 0) is 30.7 Å². The highest BCUT2D eigenvalue weighted by atomic mass is 35.5. The molecule has 0 atom stereocenters. The lowest BCUT2D eigenvalue weighted by Gasteiger charge is -2.34. The fraction of sp³-hybridized carbons (Fsp3) is 0.368. The Balaban J connectivity index is 1.47. The number of carbonyl (C=O) groups excluding carboxylic acids is 1. The molecule has 132 valence electrons. The molecule has 1 aromatic carbocycles. The minimum absolute atomic E-state index is 0.0652. The van der Waals surface area contributed by atoms with E-state index in [4.69, 9.17) is 11.6 Å². The van der Waals surface area contributed by atoms with E-state index in [0.29, 0.717) is 0 Å². The van der Waals surface area contributed by atoms with Crippen LogP contribution in [-0.2, 0) is 17.9 Å². The predicted molar refractivity (Wildman–Crippen MR) is 100 cm³/mol. The van der Waals surface area contributed by atoms with Gasteiger partial charge in [-0.2, -0.15) is 5.10 Å². The second-order valence-corrected chi connectivity index (χ2v) is 6.63. The number of benzene rings is 1. The van der Waals surface area contributed by atoms with Gasteiger partial charge in [-0.25, -0.2) is 0 Å². The summed E-state index contributed by atoms with van der Waals surface area (Å²) in [4.78, 5) is 16.6. The van der Waals surface area contributed by atoms with Crippen molar-refractivity contribution in [1.29, 1.82) is 0 Å². The highest BCUT2D eigenvalue weighted by Crippen LogP contribution is 2.13. The lowest BCUT2D eigenvalue weighted by Crippen LogP contribution is -2.47. The molecule has 3 rings (SSSR count). The molecule has 0 bridgehead atoms. The van der Waals surface area contributed by atoms with Crippen molar-refractivity contribution in [2.24, 2.45) is 0 Å². The Hall–Kier alpha value is -2.11. The van der Waals surface area contributed by atoms with Crippen LogP contribution in [-0.4, -0.2) is 51.7 Å².